The molecule has 1 heterocycles. The number of aryl methyl sites for hydroxylation is 1. The zero-order chi connectivity index (χ0) is 9.42. The fourth-order valence-corrected chi connectivity index (χ4v) is 1.30. The van der Waals surface area contributed by atoms with E-state index in [1.165, 1.54) is 10.7 Å². The van der Waals surface area contributed by atoms with Crippen LogP contribution >= 0.6 is 0 Å². The average Bonchev–Trinajstić information content (AvgIpc) is 2.46. The van der Waals surface area contributed by atoms with Gasteiger partial charge in [-0.3, -0.25) is 9.48 Å². The summed E-state index contributed by atoms with van der Waals surface area (Å²) in [5.74, 6) is -0.458. The van der Waals surface area contributed by atoms with Crippen LogP contribution in [0.15, 0.2) is 18.3 Å². The normalized spacial score (nSPS) is 10.6. The van der Waals surface area contributed by atoms with Crippen LogP contribution in [0.2, 0.25) is 0 Å². The van der Waals surface area contributed by atoms with Crippen molar-refractivity contribution in [3.63, 3.8) is 0 Å². The zero-order valence-electron chi connectivity index (χ0n) is 6.99. The first-order valence-corrected chi connectivity index (χ1v) is 3.79. The van der Waals surface area contributed by atoms with Crippen molar-refractivity contribution in [3.05, 3.63) is 29.7 Å². The van der Waals surface area contributed by atoms with Crippen molar-refractivity contribution in [2.75, 3.05) is 0 Å². The Balaban J connectivity index is 2.82. The molecular formula is C9H7FN2O. The van der Waals surface area contributed by atoms with Crippen molar-refractivity contribution in [2.24, 2.45) is 7.05 Å². The van der Waals surface area contributed by atoms with Crippen LogP contribution in [0.4, 0.5) is 4.39 Å². The molecule has 1 aromatic carbocycles. The van der Waals surface area contributed by atoms with E-state index < -0.39 is 5.82 Å². The SMILES string of the molecule is Cn1cc2cc(C=O)cc(F)c2n1. The number of hydrogen-bond donors (Lipinski definition) is 0. The highest BCUT2D eigenvalue weighted by molar-refractivity contribution is 5.86. The molecule has 2 aromatic rings. The van der Waals surface area contributed by atoms with Crippen LogP contribution in [-0.4, -0.2) is 16.1 Å². The highest BCUT2D eigenvalue weighted by Crippen LogP contribution is 2.17. The summed E-state index contributed by atoms with van der Waals surface area (Å²) in [5.41, 5.74) is 0.631. The third-order valence-corrected chi connectivity index (χ3v) is 1.83. The van der Waals surface area contributed by atoms with Gasteiger partial charge in [0.1, 0.15) is 11.8 Å². The number of nitrogens with zero attached hydrogens (tertiary/aromatic N) is 2. The molecule has 0 unspecified atom stereocenters. The Labute approximate surface area is 73.8 Å². The second-order valence-corrected chi connectivity index (χ2v) is 2.86. The number of hydrogen-bond acceptors (Lipinski definition) is 2. The lowest BCUT2D eigenvalue weighted by Gasteiger charge is -1.91. The molecule has 0 aliphatic carbocycles. The maximum Gasteiger partial charge on any atom is 0.152 e. The summed E-state index contributed by atoms with van der Waals surface area (Å²) in [5, 5.41) is 4.56. The predicted molar refractivity (Wildman–Crippen MR) is 46.1 cm³/mol. The smallest absolute Gasteiger partial charge is 0.152 e. The quantitative estimate of drug-likeness (QED) is 0.620. The van der Waals surface area contributed by atoms with Gasteiger partial charge in [-0.15, -0.1) is 0 Å². The molecule has 0 saturated carbocycles. The Morgan fingerprint density at radius 2 is 2.31 bits per heavy atom. The predicted octanol–water partition coefficient (Wildman–Crippen LogP) is 1.52. The Morgan fingerprint density at radius 1 is 1.54 bits per heavy atom. The summed E-state index contributed by atoms with van der Waals surface area (Å²) < 4.78 is 14.7. The molecule has 3 nitrogen and oxygen atoms in total. The Morgan fingerprint density at radius 3 is 3.00 bits per heavy atom. The minimum atomic E-state index is -0.458. The summed E-state index contributed by atoms with van der Waals surface area (Å²) in [6.07, 6.45) is 2.29. The van der Waals surface area contributed by atoms with Crippen molar-refractivity contribution < 1.29 is 9.18 Å². The second kappa shape index (κ2) is 2.65. The molecule has 0 spiro atoms. The van der Waals surface area contributed by atoms with E-state index in [0.29, 0.717) is 22.8 Å². The Hall–Kier alpha value is -1.71. The van der Waals surface area contributed by atoms with Crippen LogP contribution in [0, 0.1) is 5.82 Å². The molecule has 0 fully saturated rings. The number of benzene rings is 1. The molecule has 0 aliphatic rings. The minimum Gasteiger partial charge on any atom is -0.298 e. The van der Waals surface area contributed by atoms with E-state index in [1.807, 2.05) is 0 Å². The number of aldehydes is 1. The van der Waals surface area contributed by atoms with Gasteiger partial charge in [0, 0.05) is 24.2 Å². The fraction of sp³-hybridized carbons (Fsp3) is 0.111. The monoisotopic (exact) mass is 178 g/mol. The van der Waals surface area contributed by atoms with E-state index in [-0.39, 0.29) is 0 Å². The van der Waals surface area contributed by atoms with Crippen LogP contribution in [-0.2, 0) is 7.05 Å². The molecule has 2 rings (SSSR count). The average molecular weight is 178 g/mol. The van der Waals surface area contributed by atoms with Crippen molar-refractivity contribution >= 4 is 17.2 Å². The minimum absolute atomic E-state index is 0.299. The molecule has 0 N–H and O–H groups in total. The number of carbonyl (C=O) groups is 1. The molecule has 0 radical (unpaired) electrons. The Bertz CT molecular complexity index is 476. The van der Waals surface area contributed by atoms with Crippen LogP contribution in [0.1, 0.15) is 10.4 Å². The van der Waals surface area contributed by atoms with Gasteiger partial charge in [0.25, 0.3) is 0 Å². The van der Waals surface area contributed by atoms with E-state index in [9.17, 15) is 9.18 Å². The molecule has 0 saturated heterocycles. The van der Waals surface area contributed by atoms with Gasteiger partial charge in [-0.1, -0.05) is 0 Å². The van der Waals surface area contributed by atoms with Gasteiger partial charge in [0.15, 0.2) is 5.82 Å². The molecule has 4 heteroatoms. The van der Waals surface area contributed by atoms with Crippen LogP contribution in [0.3, 0.4) is 0 Å². The maximum atomic E-state index is 13.2. The van der Waals surface area contributed by atoms with Gasteiger partial charge in [0.05, 0.1) is 0 Å². The number of carbonyl (C=O) groups excluding carboxylic acids is 1. The topological polar surface area (TPSA) is 34.9 Å². The fourth-order valence-electron chi connectivity index (χ4n) is 1.30. The van der Waals surface area contributed by atoms with Crippen LogP contribution < -0.4 is 0 Å². The van der Waals surface area contributed by atoms with E-state index >= 15 is 0 Å². The molecule has 66 valence electrons. The second-order valence-electron chi connectivity index (χ2n) is 2.86. The number of aromatic nitrogens is 2. The molecule has 0 amide bonds. The van der Waals surface area contributed by atoms with Crippen LogP contribution in [0.25, 0.3) is 10.9 Å². The Kier molecular flexibility index (Phi) is 1.62. The third kappa shape index (κ3) is 1.20. The van der Waals surface area contributed by atoms with Gasteiger partial charge in [-0.25, -0.2) is 4.39 Å². The molecule has 13 heavy (non-hydrogen) atoms. The van der Waals surface area contributed by atoms with Crippen molar-refractivity contribution in [1.82, 2.24) is 9.78 Å². The lowest BCUT2D eigenvalue weighted by atomic mass is 10.2. The largest absolute Gasteiger partial charge is 0.298 e. The standard InChI is InChI=1S/C9H7FN2O/c1-12-4-7-2-6(5-13)3-8(10)9(7)11-12/h2-5H,1H3. The lowest BCUT2D eigenvalue weighted by Crippen LogP contribution is -1.87. The number of rotatable bonds is 1. The first-order chi connectivity index (χ1) is 6.20. The van der Waals surface area contributed by atoms with E-state index in [0.717, 1.165) is 0 Å². The molecule has 0 aliphatic heterocycles. The first kappa shape index (κ1) is 7.91. The van der Waals surface area contributed by atoms with Crippen molar-refractivity contribution in [2.45, 2.75) is 0 Å². The first-order valence-electron chi connectivity index (χ1n) is 3.79. The number of fused-ring (bicyclic) bond motifs is 1. The summed E-state index contributed by atoms with van der Waals surface area (Å²) in [6, 6.07) is 2.79. The van der Waals surface area contributed by atoms with Gasteiger partial charge < -0.3 is 0 Å². The summed E-state index contributed by atoms with van der Waals surface area (Å²) in [6.45, 7) is 0. The van der Waals surface area contributed by atoms with Crippen molar-refractivity contribution in [1.29, 1.82) is 0 Å². The molecule has 0 bridgehead atoms. The van der Waals surface area contributed by atoms with Gasteiger partial charge in [0.2, 0.25) is 0 Å². The highest BCUT2D eigenvalue weighted by Gasteiger charge is 2.06. The number of halogens is 1. The van der Waals surface area contributed by atoms with Gasteiger partial charge >= 0.3 is 0 Å². The van der Waals surface area contributed by atoms with E-state index in [1.54, 1.807) is 19.3 Å². The van der Waals surface area contributed by atoms with E-state index in [2.05, 4.69) is 5.10 Å². The summed E-state index contributed by atoms with van der Waals surface area (Å²) in [7, 11) is 1.71. The summed E-state index contributed by atoms with van der Waals surface area (Å²) >= 11 is 0. The van der Waals surface area contributed by atoms with Crippen molar-refractivity contribution in [3.8, 4) is 0 Å². The molecule has 1 aromatic heterocycles. The third-order valence-electron chi connectivity index (χ3n) is 1.83. The van der Waals surface area contributed by atoms with Crippen LogP contribution in [0.5, 0.6) is 0 Å². The molecular weight excluding hydrogens is 171 g/mol. The highest BCUT2D eigenvalue weighted by atomic mass is 19.1. The van der Waals surface area contributed by atoms with Gasteiger partial charge in [-0.2, -0.15) is 5.10 Å². The lowest BCUT2D eigenvalue weighted by molar-refractivity contribution is 0.112. The summed E-state index contributed by atoms with van der Waals surface area (Å²) in [4.78, 5) is 10.4. The maximum absolute atomic E-state index is 13.2. The van der Waals surface area contributed by atoms with E-state index in [4.69, 9.17) is 0 Å². The van der Waals surface area contributed by atoms with Gasteiger partial charge in [-0.05, 0) is 12.1 Å². The zero-order valence-corrected chi connectivity index (χ0v) is 6.99. The molecule has 0 atom stereocenters.